The van der Waals surface area contributed by atoms with Gasteiger partial charge in [0.1, 0.15) is 0 Å². The zero-order chi connectivity index (χ0) is 24.3. The number of methoxy groups -OCH3 is 1. The number of benzene rings is 1. The van der Waals surface area contributed by atoms with Gasteiger partial charge in [-0.2, -0.15) is 13.2 Å². The van der Waals surface area contributed by atoms with E-state index in [1.807, 2.05) is 0 Å². The largest absolute Gasteiger partial charge is 0.481 e. The Morgan fingerprint density at radius 2 is 1.94 bits per heavy atom. The number of nitrogens with zero attached hydrogens (tertiary/aromatic N) is 3. The van der Waals surface area contributed by atoms with E-state index in [0.29, 0.717) is 42.3 Å². The molecule has 0 saturated heterocycles. The van der Waals surface area contributed by atoms with Crippen molar-refractivity contribution in [1.29, 1.82) is 0 Å². The van der Waals surface area contributed by atoms with Gasteiger partial charge >= 0.3 is 6.18 Å². The molecule has 1 aliphatic heterocycles. The van der Waals surface area contributed by atoms with Crippen LogP contribution in [0.15, 0.2) is 54.9 Å². The second-order valence-corrected chi connectivity index (χ2v) is 7.76. The predicted molar refractivity (Wildman–Crippen MR) is 119 cm³/mol. The van der Waals surface area contributed by atoms with Crippen LogP contribution >= 0.6 is 0 Å². The number of halogens is 3. The summed E-state index contributed by atoms with van der Waals surface area (Å²) in [6.45, 7) is 0.389. The number of alkyl halides is 3. The summed E-state index contributed by atoms with van der Waals surface area (Å²) in [5.41, 5.74) is 1.32. The van der Waals surface area contributed by atoms with Gasteiger partial charge in [-0.3, -0.25) is 14.6 Å². The number of ether oxygens (including phenoxy) is 1. The van der Waals surface area contributed by atoms with Crippen LogP contribution in [-0.4, -0.2) is 35.4 Å². The number of carbonyl (C=O) groups excluding carboxylic acids is 2. The lowest BCUT2D eigenvalue weighted by molar-refractivity contribution is -0.137. The molecule has 4 rings (SSSR count). The number of nitrogens with one attached hydrogen (secondary N) is 1. The number of carbonyl (C=O) groups is 2. The Morgan fingerprint density at radius 1 is 1.12 bits per heavy atom. The topological polar surface area (TPSA) is 84.4 Å². The summed E-state index contributed by atoms with van der Waals surface area (Å²) < 4.78 is 44.1. The molecule has 0 fully saturated rings. The highest BCUT2D eigenvalue weighted by Gasteiger charge is 2.31. The number of pyridine rings is 2. The van der Waals surface area contributed by atoms with E-state index in [4.69, 9.17) is 4.74 Å². The molecule has 0 unspecified atom stereocenters. The average Bonchev–Trinajstić information content (AvgIpc) is 2.83. The molecular formula is C24H21F3N4O3. The molecule has 0 atom stereocenters. The minimum Gasteiger partial charge on any atom is -0.481 e. The molecule has 1 aliphatic rings. The van der Waals surface area contributed by atoms with Gasteiger partial charge in [0.25, 0.3) is 5.91 Å². The SMILES string of the molecule is COc1ccc(NC(=O)c2cnc3c(c2)N(C(=O)Cc2cccc(C(F)(F)F)c2)CCC3)cn1. The summed E-state index contributed by atoms with van der Waals surface area (Å²) in [5.74, 6) is -0.388. The average molecular weight is 470 g/mol. The van der Waals surface area contributed by atoms with Crippen molar-refractivity contribution in [2.45, 2.75) is 25.4 Å². The summed E-state index contributed by atoms with van der Waals surface area (Å²) in [4.78, 5) is 35.6. The molecule has 1 aromatic carbocycles. The van der Waals surface area contributed by atoms with E-state index in [0.717, 1.165) is 12.1 Å². The maximum atomic E-state index is 13.0. The Labute approximate surface area is 193 Å². The van der Waals surface area contributed by atoms with Crippen LogP contribution in [0, 0.1) is 0 Å². The second kappa shape index (κ2) is 9.50. The maximum Gasteiger partial charge on any atom is 0.416 e. The number of amides is 2. The van der Waals surface area contributed by atoms with Crippen molar-refractivity contribution in [3.63, 3.8) is 0 Å². The zero-order valence-corrected chi connectivity index (χ0v) is 18.2. The summed E-state index contributed by atoms with van der Waals surface area (Å²) in [7, 11) is 1.49. The van der Waals surface area contributed by atoms with E-state index in [-0.39, 0.29) is 23.5 Å². The fourth-order valence-corrected chi connectivity index (χ4v) is 3.72. The number of hydrogen-bond acceptors (Lipinski definition) is 5. The van der Waals surface area contributed by atoms with E-state index in [1.165, 1.54) is 36.5 Å². The van der Waals surface area contributed by atoms with Gasteiger partial charge in [-0.1, -0.05) is 18.2 Å². The van der Waals surface area contributed by atoms with Crippen molar-refractivity contribution in [2.75, 3.05) is 23.9 Å². The third-order valence-electron chi connectivity index (χ3n) is 5.41. The van der Waals surface area contributed by atoms with Crippen LogP contribution in [0.5, 0.6) is 5.88 Å². The molecule has 2 amide bonds. The van der Waals surface area contributed by atoms with Crippen LogP contribution < -0.4 is 15.0 Å². The molecule has 7 nitrogen and oxygen atoms in total. The van der Waals surface area contributed by atoms with E-state index in [1.54, 1.807) is 18.2 Å². The molecule has 34 heavy (non-hydrogen) atoms. The van der Waals surface area contributed by atoms with Crippen LogP contribution in [0.1, 0.15) is 33.6 Å². The molecule has 0 bridgehead atoms. The van der Waals surface area contributed by atoms with Gasteiger partial charge in [0, 0.05) is 18.8 Å². The number of aromatic nitrogens is 2. The van der Waals surface area contributed by atoms with E-state index >= 15 is 0 Å². The Bertz CT molecular complexity index is 1210. The van der Waals surface area contributed by atoms with Crippen molar-refractivity contribution >= 4 is 23.2 Å². The zero-order valence-electron chi connectivity index (χ0n) is 18.2. The van der Waals surface area contributed by atoms with Crippen LogP contribution in [0.2, 0.25) is 0 Å². The van der Waals surface area contributed by atoms with Crippen molar-refractivity contribution in [3.8, 4) is 5.88 Å². The van der Waals surface area contributed by atoms with Crippen molar-refractivity contribution in [1.82, 2.24) is 9.97 Å². The first-order valence-electron chi connectivity index (χ1n) is 10.5. The fraction of sp³-hybridized carbons (Fsp3) is 0.250. The molecule has 10 heteroatoms. The predicted octanol–water partition coefficient (Wildman–Crippen LogP) is 4.28. The Kier molecular flexibility index (Phi) is 6.49. The summed E-state index contributed by atoms with van der Waals surface area (Å²) in [6, 6.07) is 9.55. The number of hydrogen-bond donors (Lipinski definition) is 1. The van der Waals surface area contributed by atoms with Gasteiger partial charge in [-0.25, -0.2) is 4.98 Å². The Morgan fingerprint density at radius 3 is 2.65 bits per heavy atom. The van der Waals surface area contributed by atoms with Gasteiger partial charge < -0.3 is 15.0 Å². The molecule has 0 saturated carbocycles. The lowest BCUT2D eigenvalue weighted by Gasteiger charge is -2.29. The minimum absolute atomic E-state index is 0.197. The van der Waals surface area contributed by atoms with Gasteiger partial charge in [-0.15, -0.1) is 0 Å². The van der Waals surface area contributed by atoms with Crippen LogP contribution in [0.4, 0.5) is 24.5 Å². The normalized spacial score (nSPS) is 13.2. The highest BCUT2D eigenvalue weighted by atomic mass is 19.4. The van der Waals surface area contributed by atoms with Crippen molar-refractivity contribution < 1.29 is 27.5 Å². The molecule has 176 valence electrons. The summed E-state index contributed by atoms with van der Waals surface area (Å²) in [5, 5.41) is 2.71. The second-order valence-electron chi connectivity index (χ2n) is 7.76. The van der Waals surface area contributed by atoms with Crippen LogP contribution in [0.25, 0.3) is 0 Å². The van der Waals surface area contributed by atoms with Gasteiger partial charge in [0.05, 0.1) is 47.9 Å². The third kappa shape index (κ3) is 5.16. The van der Waals surface area contributed by atoms with Gasteiger partial charge in [-0.05, 0) is 36.6 Å². The quantitative estimate of drug-likeness (QED) is 0.602. The van der Waals surface area contributed by atoms with E-state index in [9.17, 15) is 22.8 Å². The molecule has 0 aliphatic carbocycles. The lowest BCUT2D eigenvalue weighted by atomic mass is 10.0. The van der Waals surface area contributed by atoms with Crippen molar-refractivity contribution in [2.24, 2.45) is 0 Å². The smallest absolute Gasteiger partial charge is 0.416 e. The molecule has 3 heterocycles. The monoisotopic (exact) mass is 470 g/mol. The minimum atomic E-state index is -4.48. The molecule has 0 radical (unpaired) electrons. The lowest BCUT2D eigenvalue weighted by Crippen LogP contribution is -2.37. The maximum absolute atomic E-state index is 13.0. The number of rotatable bonds is 5. The van der Waals surface area contributed by atoms with E-state index < -0.39 is 17.6 Å². The van der Waals surface area contributed by atoms with Crippen LogP contribution in [-0.2, 0) is 23.8 Å². The molecule has 0 spiro atoms. The first-order chi connectivity index (χ1) is 16.2. The highest BCUT2D eigenvalue weighted by molar-refractivity contribution is 6.05. The number of anilines is 2. The first-order valence-corrected chi connectivity index (χ1v) is 10.5. The van der Waals surface area contributed by atoms with Crippen molar-refractivity contribution in [3.05, 3.63) is 77.2 Å². The Hall–Kier alpha value is -3.95. The molecule has 3 aromatic rings. The molecular weight excluding hydrogens is 449 g/mol. The van der Waals surface area contributed by atoms with Crippen LogP contribution in [0.3, 0.4) is 0 Å². The summed E-state index contributed by atoms with van der Waals surface area (Å²) >= 11 is 0. The molecule has 2 aromatic heterocycles. The number of fused-ring (bicyclic) bond motifs is 1. The standard InChI is InChI=1S/C24H21F3N4O3/c1-34-21-8-7-18(14-29-21)30-23(33)16-12-20-19(28-13-16)6-3-9-31(20)22(32)11-15-4-2-5-17(10-15)24(25,26)27/h2,4-5,7-8,10,12-14H,3,6,9,11H2,1H3,(H,30,33). The highest BCUT2D eigenvalue weighted by Crippen LogP contribution is 2.31. The van der Waals surface area contributed by atoms with E-state index in [2.05, 4.69) is 15.3 Å². The summed E-state index contributed by atoms with van der Waals surface area (Å²) in [6.07, 6.45) is -0.497. The Balaban J connectivity index is 1.53. The third-order valence-corrected chi connectivity index (χ3v) is 5.41. The molecule has 1 N–H and O–H groups in total. The fourth-order valence-electron chi connectivity index (χ4n) is 3.72. The first kappa shape index (κ1) is 23.2. The van der Waals surface area contributed by atoms with Gasteiger partial charge in [0.15, 0.2) is 0 Å². The van der Waals surface area contributed by atoms with Gasteiger partial charge in [0.2, 0.25) is 11.8 Å². The number of aryl methyl sites for hydroxylation is 1.